The molecule has 110 valence electrons. The van der Waals surface area contributed by atoms with E-state index in [9.17, 15) is 9.59 Å². The Hall–Kier alpha value is -1.50. The molecule has 1 aliphatic rings. The van der Waals surface area contributed by atoms with Gasteiger partial charge in [-0.25, -0.2) is 4.79 Å². The summed E-state index contributed by atoms with van der Waals surface area (Å²) in [6.07, 6.45) is 0.940. The highest BCUT2D eigenvalue weighted by molar-refractivity contribution is 7.99. The van der Waals surface area contributed by atoms with Crippen LogP contribution >= 0.6 is 11.8 Å². The highest BCUT2D eigenvalue weighted by atomic mass is 32.2. The first-order valence-electron chi connectivity index (χ1n) is 6.51. The Labute approximate surface area is 122 Å². The van der Waals surface area contributed by atoms with Gasteiger partial charge in [0.2, 0.25) is 5.91 Å². The molecular formula is C13H19N3O3S. The third-order valence-corrected chi connectivity index (χ3v) is 4.75. The fraction of sp³-hybridized carbons (Fsp3) is 0.615. The van der Waals surface area contributed by atoms with Gasteiger partial charge in [-0.05, 0) is 25.8 Å². The van der Waals surface area contributed by atoms with E-state index in [1.807, 2.05) is 20.9 Å². The topological polar surface area (TPSA) is 75.4 Å². The monoisotopic (exact) mass is 297 g/mol. The molecule has 1 amide bonds. The minimum Gasteiger partial charge on any atom is -0.480 e. The summed E-state index contributed by atoms with van der Waals surface area (Å²) in [4.78, 5) is 24.7. The maximum Gasteiger partial charge on any atom is 0.327 e. The molecule has 1 aliphatic heterocycles. The average molecular weight is 297 g/mol. The lowest BCUT2D eigenvalue weighted by molar-refractivity contribution is -0.147. The molecule has 1 aromatic heterocycles. The second-order valence-electron chi connectivity index (χ2n) is 4.99. The van der Waals surface area contributed by atoms with E-state index in [4.69, 9.17) is 5.11 Å². The molecule has 0 aromatic carbocycles. The van der Waals surface area contributed by atoms with Gasteiger partial charge in [0.25, 0.3) is 0 Å². The first-order chi connectivity index (χ1) is 9.41. The number of aryl methyl sites for hydroxylation is 2. The Morgan fingerprint density at radius 3 is 2.70 bits per heavy atom. The Morgan fingerprint density at radius 2 is 2.15 bits per heavy atom. The zero-order chi connectivity index (χ0) is 14.9. The summed E-state index contributed by atoms with van der Waals surface area (Å²) in [5.41, 5.74) is 3.07. The van der Waals surface area contributed by atoms with E-state index >= 15 is 0 Å². The first kappa shape index (κ1) is 14.9. The van der Waals surface area contributed by atoms with Crippen molar-refractivity contribution in [1.29, 1.82) is 0 Å². The van der Waals surface area contributed by atoms with Gasteiger partial charge in [0.05, 0.1) is 11.6 Å². The number of aliphatic carboxylic acids is 1. The Morgan fingerprint density at radius 1 is 1.45 bits per heavy atom. The van der Waals surface area contributed by atoms with Crippen molar-refractivity contribution in [2.45, 2.75) is 32.7 Å². The van der Waals surface area contributed by atoms with Crippen LogP contribution in [-0.4, -0.2) is 49.3 Å². The molecule has 0 saturated carbocycles. The Bertz CT molecular complexity index is 541. The minimum atomic E-state index is -0.919. The molecular weight excluding hydrogens is 278 g/mol. The van der Waals surface area contributed by atoms with Crippen LogP contribution in [0.4, 0.5) is 0 Å². The number of thioether (sulfide) groups is 1. The fourth-order valence-corrected chi connectivity index (χ4v) is 3.62. The van der Waals surface area contributed by atoms with Gasteiger partial charge in [-0.15, -0.1) is 11.8 Å². The predicted octanol–water partition coefficient (Wildman–Crippen LogP) is 0.956. The molecule has 1 aromatic rings. The second-order valence-corrected chi connectivity index (χ2v) is 5.99. The molecule has 0 radical (unpaired) electrons. The van der Waals surface area contributed by atoms with Crippen LogP contribution in [0.15, 0.2) is 0 Å². The number of carboxylic acids is 1. The number of carboxylic acid groups (broad SMARTS) is 1. The molecule has 0 unspecified atom stereocenters. The Kier molecular flexibility index (Phi) is 4.37. The maximum atomic E-state index is 12.2. The average Bonchev–Trinajstić information content (AvgIpc) is 2.95. The van der Waals surface area contributed by atoms with Crippen molar-refractivity contribution < 1.29 is 14.7 Å². The molecule has 1 N–H and O–H groups in total. The lowest BCUT2D eigenvalue weighted by Gasteiger charge is -2.20. The van der Waals surface area contributed by atoms with Crippen LogP contribution < -0.4 is 0 Å². The van der Waals surface area contributed by atoms with Crippen LogP contribution in [0, 0.1) is 13.8 Å². The van der Waals surface area contributed by atoms with Crippen molar-refractivity contribution in [3.8, 4) is 0 Å². The summed E-state index contributed by atoms with van der Waals surface area (Å²) in [5.74, 6) is -0.0607. The number of hydrogen-bond donors (Lipinski definition) is 1. The van der Waals surface area contributed by atoms with Crippen molar-refractivity contribution in [3.63, 3.8) is 0 Å². The zero-order valence-electron chi connectivity index (χ0n) is 11.9. The number of rotatable bonds is 4. The largest absolute Gasteiger partial charge is 0.480 e. The van der Waals surface area contributed by atoms with Crippen molar-refractivity contribution in [1.82, 2.24) is 14.7 Å². The van der Waals surface area contributed by atoms with Crippen LogP contribution in [0.5, 0.6) is 0 Å². The van der Waals surface area contributed by atoms with Gasteiger partial charge in [-0.2, -0.15) is 5.10 Å². The van der Waals surface area contributed by atoms with Crippen LogP contribution in [-0.2, 0) is 23.1 Å². The first-order valence-corrected chi connectivity index (χ1v) is 7.66. The number of carbonyl (C=O) groups is 2. The van der Waals surface area contributed by atoms with Gasteiger partial charge in [0.15, 0.2) is 0 Å². The van der Waals surface area contributed by atoms with Crippen molar-refractivity contribution in [2.75, 3.05) is 11.6 Å². The SMILES string of the molecule is Cc1nn(C)c(C)c1CCC(=O)N1CSC[C@H]1C(=O)O. The van der Waals surface area contributed by atoms with E-state index in [1.165, 1.54) is 16.7 Å². The number of hydrogen-bond acceptors (Lipinski definition) is 4. The molecule has 0 aliphatic carbocycles. The number of amides is 1. The summed E-state index contributed by atoms with van der Waals surface area (Å²) in [7, 11) is 1.88. The molecule has 2 rings (SSSR count). The smallest absolute Gasteiger partial charge is 0.327 e. The number of aromatic nitrogens is 2. The van der Waals surface area contributed by atoms with Gasteiger partial charge in [-0.1, -0.05) is 0 Å². The van der Waals surface area contributed by atoms with Gasteiger partial charge in [0, 0.05) is 24.9 Å². The summed E-state index contributed by atoms with van der Waals surface area (Å²) in [6, 6.07) is -0.677. The van der Waals surface area contributed by atoms with E-state index in [2.05, 4.69) is 5.10 Å². The number of carbonyl (C=O) groups excluding carboxylic acids is 1. The van der Waals surface area contributed by atoms with Crippen LogP contribution in [0.25, 0.3) is 0 Å². The number of nitrogens with zero attached hydrogens (tertiary/aromatic N) is 3. The lowest BCUT2D eigenvalue weighted by atomic mass is 10.1. The van der Waals surface area contributed by atoms with Gasteiger partial charge < -0.3 is 10.0 Å². The molecule has 7 heteroatoms. The second kappa shape index (κ2) is 5.87. The van der Waals surface area contributed by atoms with Gasteiger partial charge in [-0.3, -0.25) is 9.48 Å². The third-order valence-electron chi connectivity index (χ3n) is 3.74. The van der Waals surface area contributed by atoms with Crippen molar-refractivity contribution in [2.24, 2.45) is 7.05 Å². The molecule has 1 saturated heterocycles. The molecule has 1 fully saturated rings. The highest BCUT2D eigenvalue weighted by Gasteiger charge is 2.34. The lowest BCUT2D eigenvalue weighted by Crippen LogP contribution is -2.41. The molecule has 2 heterocycles. The predicted molar refractivity (Wildman–Crippen MR) is 76.6 cm³/mol. The van der Waals surface area contributed by atoms with Crippen LogP contribution in [0.3, 0.4) is 0 Å². The van der Waals surface area contributed by atoms with Crippen molar-refractivity contribution in [3.05, 3.63) is 17.0 Å². The zero-order valence-corrected chi connectivity index (χ0v) is 12.7. The molecule has 0 bridgehead atoms. The molecule has 0 spiro atoms. The summed E-state index contributed by atoms with van der Waals surface area (Å²) in [5, 5.41) is 13.4. The Balaban J connectivity index is 2.00. The minimum absolute atomic E-state index is 0.0925. The van der Waals surface area contributed by atoms with Crippen molar-refractivity contribution >= 4 is 23.6 Å². The molecule has 1 atom stereocenters. The summed E-state index contributed by atoms with van der Waals surface area (Å²) >= 11 is 1.49. The summed E-state index contributed by atoms with van der Waals surface area (Å²) < 4.78 is 1.81. The quantitative estimate of drug-likeness (QED) is 0.895. The van der Waals surface area contributed by atoms with Crippen LogP contribution in [0.1, 0.15) is 23.4 Å². The van der Waals surface area contributed by atoms with E-state index in [-0.39, 0.29) is 5.91 Å². The standard InChI is InChI=1S/C13H19N3O3S/c1-8-10(9(2)15(3)14-8)4-5-12(17)16-7-20-6-11(16)13(18)19/h11H,4-7H2,1-3H3,(H,18,19)/t11-/m0/s1. The van der Waals surface area contributed by atoms with Crippen LogP contribution in [0.2, 0.25) is 0 Å². The normalized spacial score (nSPS) is 18.6. The van der Waals surface area contributed by atoms with E-state index in [1.54, 1.807) is 4.68 Å². The van der Waals surface area contributed by atoms with E-state index < -0.39 is 12.0 Å². The highest BCUT2D eigenvalue weighted by Crippen LogP contribution is 2.23. The van der Waals surface area contributed by atoms with E-state index in [0.717, 1.165) is 17.0 Å². The third kappa shape index (κ3) is 2.82. The molecule has 20 heavy (non-hydrogen) atoms. The molecule has 6 nitrogen and oxygen atoms in total. The van der Waals surface area contributed by atoms with Gasteiger partial charge >= 0.3 is 5.97 Å². The van der Waals surface area contributed by atoms with E-state index in [0.29, 0.717) is 24.5 Å². The fourth-order valence-electron chi connectivity index (χ4n) is 2.45. The summed E-state index contributed by atoms with van der Waals surface area (Å²) in [6.45, 7) is 3.91. The maximum absolute atomic E-state index is 12.2. The van der Waals surface area contributed by atoms with Gasteiger partial charge in [0.1, 0.15) is 6.04 Å².